The van der Waals surface area contributed by atoms with Gasteiger partial charge in [0.2, 0.25) is 10.0 Å². The quantitative estimate of drug-likeness (QED) is 0.860. The molecule has 1 heterocycles. The topological polar surface area (TPSA) is 59.1 Å². The maximum absolute atomic E-state index is 12.1. The van der Waals surface area contributed by atoms with Gasteiger partial charge in [0.05, 0.1) is 0 Å². The minimum atomic E-state index is -3.46. The molecular weight excluding hydrogens is 260 g/mol. The van der Waals surface area contributed by atoms with Crippen LogP contribution in [0.25, 0.3) is 0 Å². The van der Waals surface area contributed by atoms with E-state index in [1.54, 1.807) is 0 Å². The summed E-state index contributed by atoms with van der Waals surface area (Å²) in [5, 5.41) is 0.290. The smallest absolute Gasteiger partial charge is 0.242 e. The number of aromatic nitrogens is 1. The van der Waals surface area contributed by atoms with Gasteiger partial charge in [0.25, 0.3) is 0 Å². The third kappa shape index (κ3) is 2.97. The van der Waals surface area contributed by atoms with Gasteiger partial charge in [-0.05, 0) is 30.9 Å². The van der Waals surface area contributed by atoms with Crippen molar-refractivity contribution in [3.8, 4) is 0 Å². The van der Waals surface area contributed by atoms with Crippen molar-refractivity contribution in [1.82, 2.24) is 9.71 Å². The van der Waals surface area contributed by atoms with E-state index in [2.05, 4.69) is 16.6 Å². The largest absolute Gasteiger partial charge is 0.243 e. The van der Waals surface area contributed by atoms with Gasteiger partial charge in [-0.1, -0.05) is 24.9 Å². The molecule has 1 aliphatic carbocycles. The molecule has 0 bridgehead atoms. The van der Waals surface area contributed by atoms with Gasteiger partial charge in [-0.2, -0.15) is 0 Å². The normalized spacial score (nSPS) is 25.1. The van der Waals surface area contributed by atoms with Gasteiger partial charge in [-0.15, -0.1) is 0 Å². The third-order valence-electron chi connectivity index (χ3n) is 3.18. The molecule has 94 valence electrons. The van der Waals surface area contributed by atoms with Gasteiger partial charge in [0.1, 0.15) is 10.0 Å². The van der Waals surface area contributed by atoms with Crippen molar-refractivity contribution in [1.29, 1.82) is 0 Å². The van der Waals surface area contributed by atoms with E-state index in [0.717, 1.165) is 19.3 Å². The van der Waals surface area contributed by atoms with Crippen LogP contribution in [0, 0.1) is 5.92 Å². The Hall–Kier alpha value is -0.650. The minimum Gasteiger partial charge on any atom is -0.243 e. The highest BCUT2D eigenvalue weighted by Crippen LogP contribution is 2.26. The Morgan fingerprint density at radius 2 is 2.18 bits per heavy atom. The standard InChI is InChI=1S/C11H15ClN2O2S/c1-8-3-2-4-10(8)14-17(15,16)9-5-6-11(12)13-7-9/h5-8,10,14H,2-4H2,1H3. The number of nitrogens with one attached hydrogen (secondary N) is 1. The van der Waals surface area contributed by atoms with E-state index in [4.69, 9.17) is 11.6 Å². The van der Waals surface area contributed by atoms with Crippen molar-refractivity contribution >= 4 is 21.6 Å². The second-order valence-electron chi connectivity index (χ2n) is 4.45. The molecule has 2 unspecified atom stereocenters. The lowest BCUT2D eigenvalue weighted by Crippen LogP contribution is -2.36. The van der Waals surface area contributed by atoms with Gasteiger partial charge < -0.3 is 0 Å². The van der Waals surface area contributed by atoms with E-state index in [1.807, 2.05) is 0 Å². The Balaban J connectivity index is 2.16. The van der Waals surface area contributed by atoms with Crippen molar-refractivity contribution in [3.63, 3.8) is 0 Å². The highest BCUT2D eigenvalue weighted by molar-refractivity contribution is 7.89. The zero-order valence-corrected chi connectivity index (χ0v) is 11.1. The predicted octanol–water partition coefficient (Wildman–Crippen LogP) is 2.20. The number of rotatable bonds is 3. The summed E-state index contributed by atoms with van der Waals surface area (Å²) in [6, 6.07) is 2.99. The van der Waals surface area contributed by atoms with E-state index < -0.39 is 10.0 Å². The van der Waals surface area contributed by atoms with E-state index in [0.29, 0.717) is 5.92 Å². The molecule has 1 aliphatic rings. The van der Waals surface area contributed by atoms with Gasteiger partial charge in [-0.3, -0.25) is 0 Å². The predicted molar refractivity (Wildman–Crippen MR) is 66.4 cm³/mol. The van der Waals surface area contributed by atoms with Gasteiger partial charge >= 0.3 is 0 Å². The zero-order valence-electron chi connectivity index (χ0n) is 9.56. The Morgan fingerprint density at radius 3 is 2.71 bits per heavy atom. The van der Waals surface area contributed by atoms with Gasteiger partial charge in [0, 0.05) is 12.2 Å². The Bertz CT molecular complexity index is 487. The average Bonchev–Trinajstić information content (AvgIpc) is 2.64. The fourth-order valence-electron chi connectivity index (χ4n) is 2.11. The maximum atomic E-state index is 12.1. The maximum Gasteiger partial charge on any atom is 0.242 e. The van der Waals surface area contributed by atoms with Crippen molar-refractivity contribution in [2.75, 3.05) is 0 Å². The van der Waals surface area contributed by atoms with Crippen molar-refractivity contribution in [3.05, 3.63) is 23.5 Å². The third-order valence-corrected chi connectivity index (χ3v) is 4.88. The van der Waals surface area contributed by atoms with Crippen LogP contribution in [0.3, 0.4) is 0 Å². The summed E-state index contributed by atoms with van der Waals surface area (Å²) in [5.41, 5.74) is 0. The first-order valence-electron chi connectivity index (χ1n) is 5.63. The van der Waals surface area contributed by atoms with Crippen LogP contribution in [0.4, 0.5) is 0 Å². The molecule has 1 fully saturated rings. The number of hydrogen-bond donors (Lipinski definition) is 1. The molecule has 1 N–H and O–H groups in total. The Kier molecular flexibility index (Phi) is 3.70. The molecule has 1 aromatic heterocycles. The molecule has 0 saturated heterocycles. The lowest BCUT2D eigenvalue weighted by atomic mass is 10.1. The molecular formula is C11H15ClN2O2S. The summed E-state index contributed by atoms with van der Waals surface area (Å²) in [6.07, 6.45) is 4.34. The van der Waals surface area contributed by atoms with Crippen LogP contribution < -0.4 is 4.72 Å². The molecule has 4 nitrogen and oxygen atoms in total. The second-order valence-corrected chi connectivity index (χ2v) is 6.55. The second kappa shape index (κ2) is 4.92. The SMILES string of the molecule is CC1CCCC1NS(=O)(=O)c1ccc(Cl)nc1. The molecule has 17 heavy (non-hydrogen) atoms. The van der Waals surface area contributed by atoms with Crippen LogP contribution in [-0.4, -0.2) is 19.4 Å². The van der Waals surface area contributed by atoms with Gasteiger partial charge in [0.15, 0.2) is 0 Å². The fourth-order valence-corrected chi connectivity index (χ4v) is 3.54. The van der Waals surface area contributed by atoms with Gasteiger partial charge in [-0.25, -0.2) is 18.1 Å². The summed E-state index contributed by atoms with van der Waals surface area (Å²) in [5.74, 6) is 0.394. The van der Waals surface area contributed by atoms with E-state index >= 15 is 0 Å². The minimum absolute atomic E-state index is 0.0377. The molecule has 6 heteroatoms. The Morgan fingerprint density at radius 1 is 1.41 bits per heavy atom. The average molecular weight is 275 g/mol. The summed E-state index contributed by atoms with van der Waals surface area (Å²) < 4.78 is 26.8. The van der Waals surface area contributed by atoms with Crippen molar-refractivity contribution < 1.29 is 8.42 Å². The van der Waals surface area contributed by atoms with Crippen LogP contribution in [-0.2, 0) is 10.0 Å². The van der Waals surface area contributed by atoms with Crippen molar-refractivity contribution in [2.45, 2.75) is 37.1 Å². The van der Waals surface area contributed by atoms with Crippen LogP contribution in [0.5, 0.6) is 0 Å². The number of sulfonamides is 1. The lowest BCUT2D eigenvalue weighted by Gasteiger charge is -2.17. The number of nitrogens with zero attached hydrogens (tertiary/aromatic N) is 1. The van der Waals surface area contributed by atoms with Crippen LogP contribution >= 0.6 is 11.6 Å². The molecule has 2 atom stereocenters. The first kappa shape index (κ1) is 12.8. The lowest BCUT2D eigenvalue weighted by molar-refractivity contribution is 0.476. The highest BCUT2D eigenvalue weighted by Gasteiger charge is 2.28. The van der Waals surface area contributed by atoms with E-state index in [9.17, 15) is 8.42 Å². The molecule has 0 amide bonds. The highest BCUT2D eigenvalue weighted by atomic mass is 35.5. The molecule has 0 aliphatic heterocycles. The number of hydrogen-bond acceptors (Lipinski definition) is 3. The zero-order chi connectivity index (χ0) is 12.5. The van der Waals surface area contributed by atoms with Crippen LogP contribution in [0.2, 0.25) is 5.15 Å². The molecule has 1 aromatic rings. The fraction of sp³-hybridized carbons (Fsp3) is 0.545. The summed E-state index contributed by atoms with van der Waals surface area (Å²) in [4.78, 5) is 3.95. The van der Waals surface area contributed by atoms with Crippen molar-refractivity contribution in [2.24, 2.45) is 5.92 Å². The molecule has 0 spiro atoms. The molecule has 0 radical (unpaired) electrons. The van der Waals surface area contributed by atoms with Crippen LogP contribution in [0.1, 0.15) is 26.2 Å². The number of pyridine rings is 1. The summed E-state index contributed by atoms with van der Waals surface area (Å²) in [7, 11) is -3.46. The summed E-state index contributed by atoms with van der Waals surface area (Å²) in [6.45, 7) is 2.07. The molecule has 0 aromatic carbocycles. The van der Waals surface area contributed by atoms with E-state index in [1.165, 1.54) is 18.3 Å². The number of halogens is 1. The molecule has 2 rings (SSSR count). The van der Waals surface area contributed by atoms with E-state index in [-0.39, 0.29) is 16.1 Å². The Labute approximate surface area is 106 Å². The monoisotopic (exact) mass is 274 g/mol. The first-order chi connectivity index (χ1) is 7.99. The summed E-state index contributed by atoms with van der Waals surface area (Å²) >= 11 is 5.63. The first-order valence-corrected chi connectivity index (χ1v) is 7.49. The van der Waals surface area contributed by atoms with Crippen LogP contribution in [0.15, 0.2) is 23.2 Å². The molecule has 1 saturated carbocycles.